The Bertz CT molecular complexity index is 511. The SMILES string of the molecule is CC.Cc1ccc2c(=O)[nH]cc(C)c2c1. The van der Waals surface area contributed by atoms with Crippen molar-refractivity contribution in [2.75, 3.05) is 0 Å². The summed E-state index contributed by atoms with van der Waals surface area (Å²) in [5, 5.41) is 1.81. The van der Waals surface area contributed by atoms with Gasteiger partial charge in [0.25, 0.3) is 5.56 Å². The van der Waals surface area contributed by atoms with Crippen LogP contribution in [0.5, 0.6) is 0 Å². The van der Waals surface area contributed by atoms with Crippen LogP contribution in [0, 0.1) is 13.8 Å². The van der Waals surface area contributed by atoms with E-state index in [0.717, 1.165) is 16.3 Å². The largest absolute Gasteiger partial charge is 0.328 e. The molecule has 0 fully saturated rings. The Kier molecular flexibility index (Phi) is 3.67. The van der Waals surface area contributed by atoms with Crippen LogP contribution in [0.15, 0.2) is 29.2 Å². The number of pyridine rings is 1. The lowest BCUT2D eigenvalue weighted by molar-refractivity contribution is 1.24. The predicted octanol–water partition coefficient (Wildman–Crippen LogP) is 3.17. The number of H-pyrrole nitrogens is 1. The molecule has 0 saturated heterocycles. The van der Waals surface area contributed by atoms with Crippen LogP contribution in [0.4, 0.5) is 0 Å². The zero-order valence-corrected chi connectivity index (χ0v) is 9.72. The van der Waals surface area contributed by atoms with Gasteiger partial charge in [0.2, 0.25) is 0 Å². The summed E-state index contributed by atoms with van der Waals surface area (Å²) in [6.07, 6.45) is 1.75. The van der Waals surface area contributed by atoms with Crippen LogP contribution >= 0.6 is 0 Å². The van der Waals surface area contributed by atoms with Crippen molar-refractivity contribution in [3.05, 3.63) is 45.9 Å². The Morgan fingerprint density at radius 1 is 1.07 bits per heavy atom. The Morgan fingerprint density at radius 3 is 2.40 bits per heavy atom. The highest BCUT2D eigenvalue weighted by atomic mass is 16.1. The maximum absolute atomic E-state index is 11.4. The Balaban J connectivity index is 0.000000531. The lowest BCUT2D eigenvalue weighted by Crippen LogP contribution is -2.05. The second kappa shape index (κ2) is 4.78. The fourth-order valence-corrected chi connectivity index (χ4v) is 1.51. The molecule has 0 aliphatic carbocycles. The summed E-state index contributed by atoms with van der Waals surface area (Å²) in [7, 11) is 0. The molecule has 0 radical (unpaired) electrons. The van der Waals surface area contributed by atoms with Gasteiger partial charge in [-0.05, 0) is 30.9 Å². The molecular weight excluding hydrogens is 186 g/mol. The van der Waals surface area contributed by atoms with Crippen LogP contribution in [0.25, 0.3) is 10.8 Å². The number of fused-ring (bicyclic) bond motifs is 1. The van der Waals surface area contributed by atoms with Gasteiger partial charge >= 0.3 is 0 Å². The zero-order valence-electron chi connectivity index (χ0n) is 9.72. The smallest absolute Gasteiger partial charge is 0.255 e. The van der Waals surface area contributed by atoms with Crippen molar-refractivity contribution < 1.29 is 0 Å². The number of aryl methyl sites for hydroxylation is 2. The molecule has 0 aliphatic heterocycles. The molecule has 2 rings (SSSR count). The van der Waals surface area contributed by atoms with Gasteiger partial charge < -0.3 is 4.98 Å². The van der Waals surface area contributed by atoms with Gasteiger partial charge in [-0.2, -0.15) is 0 Å². The Labute approximate surface area is 90.0 Å². The van der Waals surface area contributed by atoms with E-state index >= 15 is 0 Å². The Hall–Kier alpha value is -1.57. The van der Waals surface area contributed by atoms with E-state index in [1.807, 2.05) is 45.9 Å². The first-order valence-corrected chi connectivity index (χ1v) is 5.27. The number of aromatic nitrogens is 1. The van der Waals surface area contributed by atoms with E-state index in [9.17, 15) is 4.79 Å². The van der Waals surface area contributed by atoms with Gasteiger partial charge in [-0.15, -0.1) is 0 Å². The number of rotatable bonds is 0. The standard InChI is InChI=1S/C11H11NO.C2H6/c1-7-3-4-9-10(5-7)8(2)6-12-11(9)13;1-2/h3-6H,1-2H3,(H,12,13);1-2H3. The van der Waals surface area contributed by atoms with E-state index in [2.05, 4.69) is 4.98 Å². The van der Waals surface area contributed by atoms with Crippen molar-refractivity contribution in [1.29, 1.82) is 0 Å². The molecular formula is C13H17NO. The van der Waals surface area contributed by atoms with Crippen molar-refractivity contribution >= 4 is 10.8 Å². The molecule has 0 atom stereocenters. The first kappa shape index (κ1) is 11.5. The normalized spacial score (nSPS) is 9.60. The molecule has 2 nitrogen and oxygen atoms in total. The monoisotopic (exact) mass is 203 g/mol. The second-order valence-electron chi connectivity index (χ2n) is 3.35. The van der Waals surface area contributed by atoms with Crippen molar-refractivity contribution in [2.24, 2.45) is 0 Å². The average molecular weight is 203 g/mol. The summed E-state index contributed by atoms with van der Waals surface area (Å²) in [6, 6.07) is 5.87. The number of benzene rings is 1. The van der Waals surface area contributed by atoms with Crippen LogP contribution in [0.3, 0.4) is 0 Å². The minimum atomic E-state index is -0.0133. The van der Waals surface area contributed by atoms with Gasteiger partial charge in [0.15, 0.2) is 0 Å². The third-order valence-corrected chi connectivity index (χ3v) is 2.26. The van der Waals surface area contributed by atoms with Crippen LogP contribution in [-0.2, 0) is 0 Å². The van der Waals surface area contributed by atoms with Gasteiger partial charge in [0.05, 0.1) is 0 Å². The molecule has 1 aromatic carbocycles. The zero-order chi connectivity index (χ0) is 11.4. The molecule has 0 unspecified atom stereocenters. The summed E-state index contributed by atoms with van der Waals surface area (Å²) < 4.78 is 0. The van der Waals surface area contributed by atoms with Crippen molar-refractivity contribution in [3.63, 3.8) is 0 Å². The van der Waals surface area contributed by atoms with Crippen molar-refractivity contribution in [3.8, 4) is 0 Å². The summed E-state index contributed by atoms with van der Waals surface area (Å²) in [5.74, 6) is 0. The third-order valence-electron chi connectivity index (χ3n) is 2.26. The number of hydrogen-bond donors (Lipinski definition) is 1. The van der Waals surface area contributed by atoms with Gasteiger partial charge in [0, 0.05) is 11.6 Å². The number of nitrogens with one attached hydrogen (secondary N) is 1. The minimum absolute atomic E-state index is 0.0133. The molecule has 80 valence electrons. The molecule has 0 aliphatic rings. The Morgan fingerprint density at radius 2 is 1.73 bits per heavy atom. The van der Waals surface area contributed by atoms with E-state index in [-0.39, 0.29) is 5.56 Å². The third kappa shape index (κ3) is 2.27. The van der Waals surface area contributed by atoms with Gasteiger partial charge in [0.1, 0.15) is 0 Å². The quantitative estimate of drug-likeness (QED) is 0.701. The first-order chi connectivity index (χ1) is 7.18. The molecule has 0 spiro atoms. The van der Waals surface area contributed by atoms with E-state index in [4.69, 9.17) is 0 Å². The maximum Gasteiger partial charge on any atom is 0.255 e. The summed E-state index contributed by atoms with van der Waals surface area (Å²) in [6.45, 7) is 8.03. The molecule has 0 amide bonds. The first-order valence-electron chi connectivity index (χ1n) is 5.27. The van der Waals surface area contributed by atoms with Crippen molar-refractivity contribution in [1.82, 2.24) is 4.98 Å². The fraction of sp³-hybridized carbons (Fsp3) is 0.308. The predicted molar refractivity (Wildman–Crippen MR) is 65.4 cm³/mol. The van der Waals surface area contributed by atoms with Crippen LogP contribution in [0.1, 0.15) is 25.0 Å². The number of hydrogen-bond acceptors (Lipinski definition) is 1. The molecule has 2 heteroatoms. The number of aromatic amines is 1. The molecule has 1 aromatic heterocycles. The maximum atomic E-state index is 11.4. The lowest BCUT2D eigenvalue weighted by atomic mass is 10.1. The summed E-state index contributed by atoms with van der Waals surface area (Å²) >= 11 is 0. The summed E-state index contributed by atoms with van der Waals surface area (Å²) in [5.41, 5.74) is 2.28. The van der Waals surface area contributed by atoms with Crippen molar-refractivity contribution in [2.45, 2.75) is 27.7 Å². The molecule has 0 saturated carbocycles. The van der Waals surface area contributed by atoms with E-state index in [1.165, 1.54) is 5.56 Å². The fourth-order valence-electron chi connectivity index (χ4n) is 1.51. The average Bonchev–Trinajstić information content (AvgIpc) is 2.27. The molecule has 2 aromatic rings. The topological polar surface area (TPSA) is 32.9 Å². The van der Waals surface area contributed by atoms with Gasteiger partial charge in [-0.25, -0.2) is 0 Å². The molecule has 1 N–H and O–H groups in total. The highest BCUT2D eigenvalue weighted by Crippen LogP contribution is 2.14. The van der Waals surface area contributed by atoms with E-state index in [0.29, 0.717) is 0 Å². The van der Waals surface area contributed by atoms with Crippen LogP contribution in [0.2, 0.25) is 0 Å². The second-order valence-corrected chi connectivity index (χ2v) is 3.35. The molecule has 0 bridgehead atoms. The van der Waals surface area contributed by atoms with E-state index < -0.39 is 0 Å². The van der Waals surface area contributed by atoms with Gasteiger partial charge in [-0.3, -0.25) is 4.79 Å². The van der Waals surface area contributed by atoms with Crippen LogP contribution in [-0.4, -0.2) is 4.98 Å². The minimum Gasteiger partial charge on any atom is -0.328 e. The summed E-state index contributed by atoms with van der Waals surface area (Å²) in [4.78, 5) is 14.1. The highest BCUT2D eigenvalue weighted by molar-refractivity contribution is 5.84. The molecule has 1 heterocycles. The highest BCUT2D eigenvalue weighted by Gasteiger charge is 2.00. The van der Waals surface area contributed by atoms with E-state index in [1.54, 1.807) is 6.20 Å². The molecule has 15 heavy (non-hydrogen) atoms. The van der Waals surface area contributed by atoms with Crippen LogP contribution < -0.4 is 5.56 Å². The van der Waals surface area contributed by atoms with Gasteiger partial charge in [-0.1, -0.05) is 31.5 Å². The lowest BCUT2D eigenvalue weighted by Gasteiger charge is -2.01.